The molecule has 0 radical (unpaired) electrons. The van der Waals surface area contributed by atoms with Crippen molar-refractivity contribution in [2.75, 3.05) is 19.6 Å². The van der Waals surface area contributed by atoms with Gasteiger partial charge in [-0.3, -0.25) is 4.79 Å². The molecule has 0 aromatic carbocycles. The zero-order chi connectivity index (χ0) is 13.7. The summed E-state index contributed by atoms with van der Waals surface area (Å²) in [5.74, 6) is 0.667. The van der Waals surface area contributed by atoms with E-state index in [1.807, 2.05) is 11.8 Å². The van der Waals surface area contributed by atoms with Gasteiger partial charge in [-0.2, -0.15) is 0 Å². The Labute approximate surface area is 128 Å². The van der Waals surface area contributed by atoms with Gasteiger partial charge in [0.15, 0.2) is 0 Å². The molecule has 0 aromatic rings. The standard InChI is InChI=1S/C15H28N2O2.ClH/c1-2-14(19-13-6-4-3-5-7-13)15(18)17-9-8-12(10-16)11-17;/h12-14H,2-11,16H2,1H3;1H. The zero-order valence-corrected chi connectivity index (χ0v) is 13.4. The monoisotopic (exact) mass is 304 g/mol. The van der Waals surface area contributed by atoms with Crippen LogP contribution in [0.15, 0.2) is 0 Å². The Bertz CT molecular complexity index is 296. The molecule has 118 valence electrons. The van der Waals surface area contributed by atoms with E-state index < -0.39 is 0 Å². The van der Waals surface area contributed by atoms with Gasteiger partial charge in [-0.25, -0.2) is 0 Å². The number of halogens is 1. The predicted molar refractivity (Wildman–Crippen MR) is 83.0 cm³/mol. The van der Waals surface area contributed by atoms with Crippen molar-refractivity contribution in [2.24, 2.45) is 11.7 Å². The maximum atomic E-state index is 12.5. The second kappa shape index (κ2) is 8.85. The summed E-state index contributed by atoms with van der Waals surface area (Å²) in [6.45, 7) is 4.40. The van der Waals surface area contributed by atoms with Crippen molar-refractivity contribution in [1.29, 1.82) is 0 Å². The van der Waals surface area contributed by atoms with Gasteiger partial charge < -0.3 is 15.4 Å². The number of hydrogen-bond donors (Lipinski definition) is 1. The van der Waals surface area contributed by atoms with E-state index in [4.69, 9.17) is 10.5 Å². The topological polar surface area (TPSA) is 55.6 Å². The number of hydrogen-bond acceptors (Lipinski definition) is 3. The number of amides is 1. The molecule has 0 bridgehead atoms. The molecule has 1 aliphatic heterocycles. The third-order valence-electron chi connectivity index (χ3n) is 4.49. The van der Waals surface area contributed by atoms with Crippen molar-refractivity contribution in [3.05, 3.63) is 0 Å². The first kappa shape index (κ1) is 17.7. The van der Waals surface area contributed by atoms with E-state index in [1.165, 1.54) is 19.3 Å². The largest absolute Gasteiger partial charge is 0.365 e. The highest BCUT2D eigenvalue weighted by Gasteiger charge is 2.31. The molecule has 20 heavy (non-hydrogen) atoms. The minimum absolute atomic E-state index is 0. The fraction of sp³-hybridized carbons (Fsp3) is 0.933. The molecule has 1 saturated heterocycles. The first-order chi connectivity index (χ1) is 9.24. The summed E-state index contributed by atoms with van der Waals surface area (Å²) in [4.78, 5) is 14.4. The maximum absolute atomic E-state index is 12.5. The Balaban J connectivity index is 0.00000200. The second-order valence-corrected chi connectivity index (χ2v) is 5.97. The lowest BCUT2D eigenvalue weighted by Gasteiger charge is -2.29. The molecular weight excluding hydrogens is 276 g/mol. The summed E-state index contributed by atoms with van der Waals surface area (Å²) in [6.07, 6.45) is 7.93. The van der Waals surface area contributed by atoms with Gasteiger partial charge in [0, 0.05) is 13.1 Å². The SMILES string of the molecule is CCC(OC1CCCCC1)C(=O)N1CCC(CN)C1.Cl. The quantitative estimate of drug-likeness (QED) is 0.848. The molecule has 2 rings (SSSR count). The van der Waals surface area contributed by atoms with Crippen molar-refractivity contribution < 1.29 is 9.53 Å². The fourth-order valence-corrected chi connectivity index (χ4v) is 3.19. The van der Waals surface area contributed by atoms with Crippen LogP contribution in [0.25, 0.3) is 0 Å². The molecule has 2 aliphatic rings. The van der Waals surface area contributed by atoms with Gasteiger partial charge in [0.2, 0.25) is 0 Å². The third-order valence-corrected chi connectivity index (χ3v) is 4.49. The first-order valence-corrected chi connectivity index (χ1v) is 7.89. The Kier molecular flexibility index (Phi) is 7.85. The average Bonchev–Trinajstić information content (AvgIpc) is 2.94. The summed E-state index contributed by atoms with van der Waals surface area (Å²) in [5, 5.41) is 0. The number of nitrogens with two attached hydrogens (primary N) is 1. The number of rotatable bonds is 5. The van der Waals surface area contributed by atoms with Crippen molar-refractivity contribution in [3.8, 4) is 0 Å². The lowest BCUT2D eigenvalue weighted by atomic mass is 9.97. The van der Waals surface area contributed by atoms with E-state index in [-0.39, 0.29) is 24.4 Å². The first-order valence-electron chi connectivity index (χ1n) is 7.89. The number of carbonyl (C=O) groups excluding carboxylic acids is 1. The molecule has 1 aliphatic carbocycles. The summed E-state index contributed by atoms with van der Waals surface area (Å²) in [7, 11) is 0. The highest BCUT2D eigenvalue weighted by Crippen LogP contribution is 2.24. The van der Waals surface area contributed by atoms with E-state index >= 15 is 0 Å². The molecule has 0 spiro atoms. The maximum Gasteiger partial charge on any atom is 0.251 e. The lowest BCUT2D eigenvalue weighted by Crippen LogP contribution is -2.41. The van der Waals surface area contributed by atoms with E-state index in [9.17, 15) is 4.79 Å². The van der Waals surface area contributed by atoms with Crippen LogP contribution in [0.4, 0.5) is 0 Å². The van der Waals surface area contributed by atoms with Crippen LogP contribution in [0.2, 0.25) is 0 Å². The van der Waals surface area contributed by atoms with Crippen LogP contribution in [0.5, 0.6) is 0 Å². The molecule has 2 N–H and O–H groups in total. The van der Waals surface area contributed by atoms with E-state index in [0.717, 1.165) is 38.8 Å². The van der Waals surface area contributed by atoms with Crippen LogP contribution in [-0.4, -0.2) is 42.6 Å². The van der Waals surface area contributed by atoms with E-state index in [1.54, 1.807) is 0 Å². The average molecular weight is 305 g/mol. The van der Waals surface area contributed by atoms with Gasteiger partial charge in [-0.15, -0.1) is 12.4 Å². The van der Waals surface area contributed by atoms with Crippen LogP contribution in [0, 0.1) is 5.92 Å². The van der Waals surface area contributed by atoms with Crippen molar-refractivity contribution in [3.63, 3.8) is 0 Å². The van der Waals surface area contributed by atoms with Gasteiger partial charge >= 0.3 is 0 Å². The fourth-order valence-electron chi connectivity index (χ4n) is 3.19. The normalized spacial score (nSPS) is 25.3. The van der Waals surface area contributed by atoms with Crippen LogP contribution < -0.4 is 5.73 Å². The molecule has 1 heterocycles. The highest BCUT2D eigenvalue weighted by molar-refractivity contribution is 5.85. The number of likely N-dealkylation sites (tertiary alicyclic amines) is 1. The molecule has 2 unspecified atom stereocenters. The van der Waals surface area contributed by atoms with Gasteiger partial charge in [-0.05, 0) is 38.1 Å². The molecule has 5 heteroatoms. The molecule has 2 atom stereocenters. The molecule has 0 aromatic heterocycles. The van der Waals surface area contributed by atoms with Crippen LogP contribution in [-0.2, 0) is 9.53 Å². The Morgan fingerprint density at radius 2 is 2.00 bits per heavy atom. The molecule has 1 saturated carbocycles. The molecule has 2 fully saturated rings. The second-order valence-electron chi connectivity index (χ2n) is 5.97. The van der Waals surface area contributed by atoms with Crippen molar-refractivity contribution in [1.82, 2.24) is 4.90 Å². The highest BCUT2D eigenvalue weighted by atomic mass is 35.5. The van der Waals surface area contributed by atoms with E-state index in [0.29, 0.717) is 18.6 Å². The Hall–Kier alpha value is -0.320. The minimum Gasteiger partial charge on any atom is -0.365 e. The summed E-state index contributed by atoms with van der Waals surface area (Å²) >= 11 is 0. The zero-order valence-electron chi connectivity index (χ0n) is 12.6. The molecule has 4 nitrogen and oxygen atoms in total. The Morgan fingerprint density at radius 3 is 2.55 bits per heavy atom. The summed E-state index contributed by atoms with van der Waals surface area (Å²) in [6, 6.07) is 0. The van der Waals surface area contributed by atoms with Crippen LogP contribution in [0.1, 0.15) is 51.9 Å². The number of carbonyl (C=O) groups is 1. The number of nitrogens with zero attached hydrogens (tertiary/aromatic N) is 1. The predicted octanol–water partition coefficient (Wildman–Crippen LogP) is 2.34. The van der Waals surface area contributed by atoms with Crippen molar-refractivity contribution >= 4 is 18.3 Å². The molecule has 1 amide bonds. The minimum atomic E-state index is -0.236. The molecular formula is C15H29ClN2O2. The van der Waals surface area contributed by atoms with Crippen molar-refractivity contribution in [2.45, 2.75) is 64.1 Å². The Morgan fingerprint density at radius 1 is 1.30 bits per heavy atom. The van der Waals surface area contributed by atoms with Gasteiger partial charge in [0.05, 0.1) is 6.10 Å². The smallest absolute Gasteiger partial charge is 0.251 e. The summed E-state index contributed by atoms with van der Waals surface area (Å²) < 4.78 is 6.06. The van der Waals surface area contributed by atoms with Gasteiger partial charge in [0.25, 0.3) is 5.91 Å². The lowest BCUT2D eigenvalue weighted by molar-refractivity contribution is -0.148. The van der Waals surface area contributed by atoms with Crippen LogP contribution >= 0.6 is 12.4 Å². The van der Waals surface area contributed by atoms with E-state index in [2.05, 4.69) is 0 Å². The van der Waals surface area contributed by atoms with Gasteiger partial charge in [0.1, 0.15) is 6.10 Å². The van der Waals surface area contributed by atoms with Gasteiger partial charge in [-0.1, -0.05) is 26.2 Å². The number of ether oxygens (including phenoxy) is 1. The third kappa shape index (κ3) is 4.61. The van der Waals surface area contributed by atoms with Crippen LogP contribution in [0.3, 0.4) is 0 Å². The summed E-state index contributed by atoms with van der Waals surface area (Å²) in [5.41, 5.74) is 5.68.